The van der Waals surface area contributed by atoms with Crippen molar-refractivity contribution < 1.29 is 4.74 Å². The van der Waals surface area contributed by atoms with Crippen molar-refractivity contribution in [2.75, 3.05) is 27.2 Å². The standard InChI is InChI=1S/C8H15NO/c1-9-4-3-8(10-2)5-7(8)6-9/h7H,3-6H2,1-2H3. The highest BCUT2D eigenvalue weighted by molar-refractivity contribution is 5.08. The summed E-state index contributed by atoms with van der Waals surface area (Å²) in [4.78, 5) is 2.40. The first-order valence-corrected chi connectivity index (χ1v) is 4.00. The lowest BCUT2D eigenvalue weighted by molar-refractivity contribution is 0.0268. The maximum atomic E-state index is 5.47. The van der Waals surface area contributed by atoms with Crippen molar-refractivity contribution in [3.63, 3.8) is 0 Å². The normalized spacial score (nSPS) is 46.8. The minimum absolute atomic E-state index is 0.326. The van der Waals surface area contributed by atoms with Crippen LogP contribution < -0.4 is 0 Å². The monoisotopic (exact) mass is 141 g/mol. The van der Waals surface area contributed by atoms with Gasteiger partial charge in [0, 0.05) is 26.1 Å². The van der Waals surface area contributed by atoms with Crippen LogP contribution in [0, 0.1) is 5.92 Å². The van der Waals surface area contributed by atoms with Crippen LogP contribution in [0.25, 0.3) is 0 Å². The maximum Gasteiger partial charge on any atom is 0.0736 e. The van der Waals surface area contributed by atoms with Crippen molar-refractivity contribution in [2.45, 2.75) is 18.4 Å². The molecule has 0 aromatic rings. The fourth-order valence-electron chi connectivity index (χ4n) is 2.09. The van der Waals surface area contributed by atoms with E-state index in [0.717, 1.165) is 5.92 Å². The van der Waals surface area contributed by atoms with Crippen LogP contribution in [0.4, 0.5) is 0 Å². The molecule has 0 bridgehead atoms. The average Bonchev–Trinajstić information content (AvgIpc) is 2.62. The molecule has 0 aromatic carbocycles. The van der Waals surface area contributed by atoms with E-state index in [9.17, 15) is 0 Å². The van der Waals surface area contributed by atoms with Gasteiger partial charge in [-0.1, -0.05) is 0 Å². The fraction of sp³-hybridized carbons (Fsp3) is 1.00. The third-order valence-corrected chi connectivity index (χ3v) is 3.03. The highest BCUT2D eigenvalue weighted by Crippen LogP contribution is 2.51. The van der Waals surface area contributed by atoms with Crippen molar-refractivity contribution >= 4 is 0 Å². The first kappa shape index (κ1) is 6.62. The van der Waals surface area contributed by atoms with Crippen LogP contribution in [-0.2, 0) is 4.74 Å². The van der Waals surface area contributed by atoms with Gasteiger partial charge in [0.1, 0.15) is 0 Å². The van der Waals surface area contributed by atoms with Gasteiger partial charge in [0.05, 0.1) is 5.60 Å². The number of fused-ring (bicyclic) bond motifs is 1. The zero-order chi connectivity index (χ0) is 7.19. The second kappa shape index (κ2) is 1.95. The summed E-state index contributed by atoms with van der Waals surface area (Å²) in [5.41, 5.74) is 0.326. The summed E-state index contributed by atoms with van der Waals surface area (Å²) < 4.78 is 5.47. The quantitative estimate of drug-likeness (QED) is 0.533. The fourth-order valence-corrected chi connectivity index (χ4v) is 2.09. The Labute approximate surface area is 62.2 Å². The topological polar surface area (TPSA) is 12.5 Å². The van der Waals surface area contributed by atoms with E-state index in [0.29, 0.717) is 5.60 Å². The van der Waals surface area contributed by atoms with Gasteiger partial charge >= 0.3 is 0 Å². The van der Waals surface area contributed by atoms with Gasteiger partial charge in [0.25, 0.3) is 0 Å². The lowest BCUT2D eigenvalue weighted by Crippen LogP contribution is -2.35. The van der Waals surface area contributed by atoms with E-state index in [-0.39, 0.29) is 0 Å². The predicted octanol–water partition coefficient (Wildman–Crippen LogP) is 0.727. The smallest absolute Gasteiger partial charge is 0.0736 e. The minimum Gasteiger partial charge on any atom is -0.378 e. The molecule has 0 spiro atoms. The number of hydrogen-bond donors (Lipinski definition) is 0. The summed E-state index contributed by atoms with van der Waals surface area (Å²) in [7, 11) is 4.04. The van der Waals surface area contributed by atoms with Crippen molar-refractivity contribution in [1.29, 1.82) is 0 Å². The van der Waals surface area contributed by atoms with E-state index in [1.807, 2.05) is 7.11 Å². The van der Waals surface area contributed by atoms with Crippen molar-refractivity contribution in [3.8, 4) is 0 Å². The summed E-state index contributed by atoms with van der Waals surface area (Å²) in [5, 5.41) is 0. The zero-order valence-corrected chi connectivity index (χ0v) is 6.76. The van der Waals surface area contributed by atoms with Gasteiger partial charge in [-0.2, -0.15) is 0 Å². The molecular formula is C8H15NO. The summed E-state index contributed by atoms with van der Waals surface area (Å²) in [6.45, 7) is 2.46. The van der Waals surface area contributed by atoms with Crippen LogP contribution in [-0.4, -0.2) is 37.7 Å². The maximum absolute atomic E-state index is 5.47. The van der Waals surface area contributed by atoms with E-state index in [2.05, 4.69) is 11.9 Å². The summed E-state index contributed by atoms with van der Waals surface area (Å²) in [6, 6.07) is 0. The molecule has 10 heavy (non-hydrogen) atoms. The minimum atomic E-state index is 0.326. The highest BCUT2D eigenvalue weighted by atomic mass is 16.5. The van der Waals surface area contributed by atoms with Gasteiger partial charge in [0.2, 0.25) is 0 Å². The molecule has 1 saturated carbocycles. The Morgan fingerprint density at radius 3 is 3.00 bits per heavy atom. The highest BCUT2D eigenvalue weighted by Gasteiger charge is 2.56. The van der Waals surface area contributed by atoms with Gasteiger partial charge in [-0.15, -0.1) is 0 Å². The molecule has 2 rings (SSSR count). The van der Waals surface area contributed by atoms with Gasteiger partial charge < -0.3 is 9.64 Å². The van der Waals surface area contributed by atoms with E-state index in [1.54, 1.807) is 0 Å². The van der Waals surface area contributed by atoms with Crippen LogP contribution in [0.5, 0.6) is 0 Å². The van der Waals surface area contributed by atoms with Crippen LogP contribution >= 0.6 is 0 Å². The van der Waals surface area contributed by atoms with Crippen molar-refractivity contribution in [1.82, 2.24) is 4.90 Å². The van der Waals surface area contributed by atoms with Gasteiger partial charge in [-0.3, -0.25) is 0 Å². The number of nitrogens with zero attached hydrogens (tertiary/aromatic N) is 1. The molecule has 1 aliphatic heterocycles. The lowest BCUT2D eigenvalue weighted by Gasteiger charge is -2.27. The van der Waals surface area contributed by atoms with E-state index in [1.165, 1.54) is 25.9 Å². The Morgan fingerprint density at radius 1 is 1.60 bits per heavy atom. The van der Waals surface area contributed by atoms with Crippen LogP contribution in [0.1, 0.15) is 12.8 Å². The number of piperidine rings is 1. The second-order valence-corrected chi connectivity index (χ2v) is 3.68. The molecule has 2 nitrogen and oxygen atoms in total. The molecule has 2 atom stereocenters. The lowest BCUT2D eigenvalue weighted by atomic mass is 10.1. The summed E-state index contributed by atoms with van der Waals surface area (Å²) in [6.07, 6.45) is 2.54. The largest absolute Gasteiger partial charge is 0.378 e. The van der Waals surface area contributed by atoms with E-state index in [4.69, 9.17) is 4.74 Å². The Bertz CT molecular complexity index is 148. The molecule has 0 aromatic heterocycles. The molecule has 0 amide bonds. The van der Waals surface area contributed by atoms with Gasteiger partial charge in [-0.25, -0.2) is 0 Å². The van der Waals surface area contributed by atoms with Crippen molar-refractivity contribution in [2.24, 2.45) is 5.92 Å². The van der Waals surface area contributed by atoms with Crippen LogP contribution in [0.3, 0.4) is 0 Å². The van der Waals surface area contributed by atoms with Crippen LogP contribution in [0.15, 0.2) is 0 Å². The molecule has 2 aliphatic rings. The predicted molar refractivity (Wildman–Crippen MR) is 40.0 cm³/mol. The SMILES string of the molecule is COC12CCN(C)CC1C2. The molecule has 58 valence electrons. The Morgan fingerprint density at radius 2 is 2.40 bits per heavy atom. The molecular weight excluding hydrogens is 126 g/mol. The van der Waals surface area contributed by atoms with Gasteiger partial charge in [-0.05, 0) is 19.9 Å². The number of ether oxygens (including phenoxy) is 1. The average molecular weight is 141 g/mol. The van der Waals surface area contributed by atoms with Crippen LogP contribution in [0.2, 0.25) is 0 Å². The Hall–Kier alpha value is -0.0800. The Kier molecular flexibility index (Phi) is 1.29. The first-order valence-electron chi connectivity index (χ1n) is 4.00. The van der Waals surface area contributed by atoms with E-state index >= 15 is 0 Å². The first-order chi connectivity index (χ1) is 4.77. The molecule has 1 saturated heterocycles. The number of methoxy groups -OCH3 is 1. The third-order valence-electron chi connectivity index (χ3n) is 3.03. The Balaban J connectivity index is 1.98. The molecule has 1 aliphatic carbocycles. The number of hydrogen-bond acceptors (Lipinski definition) is 2. The molecule has 2 unspecified atom stereocenters. The molecule has 0 N–H and O–H groups in total. The number of rotatable bonds is 1. The molecule has 1 heterocycles. The molecule has 2 fully saturated rings. The summed E-state index contributed by atoms with van der Waals surface area (Å²) >= 11 is 0. The molecule has 0 radical (unpaired) electrons. The second-order valence-electron chi connectivity index (χ2n) is 3.68. The molecule has 2 heteroatoms. The summed E-state index contributed by atoms with van der Waals surface area (Å²) in [5.74, 6) is 0.844. The number of likely N-dealkylation sites (tertiary alicyclic amines) is 1. The van der Waals surface area contributed by atoms with E-state index < -0.39 is 0 Å². The van der Waals surface area contributed by atoms with Gasteiger partial charge in [0.15, 0.2) is 0 Å². The van der Waals surface area contributed by atoms with Crippen molar-refractivity contribution in [3.05, 3.63) is 0 Å². The zero-order valence-electron chi connectivity index (χ0n) is 6.76. The third kappa shape index (κ3) is 0.789.